The monoisotopic (exact) mass is 216 g/mol. The van der Waals surface area contributed by atoms with Crippen LogP contribution in [0.5, 0.6) is 0 Å². The summed E-state index contributed by atoms with van der Waals surface area (Å²) in [5.74, 6) is 1.50. The molecule has 0 amide bonds. The predicted octanol–water partition coefficient (Wildman–Crippen LogP) is 2.12. The average molecular weight is 216 g/mol. The van der Waals surface area contributed by atoms with Gasteiger partial charge in [0.2, 0.25) is 0 Å². The second kappa shape index (κ2) is 3.59. The van der Waals surface area contributed by atoms with Crippen LogP contribution < -0.4 is 0 Å². The van der Waals surface area contributed by atoms with Crippen LogP contribution in [-0.4, -0.2) is 20.8 Å². The fourth-order valence-corrected chi connectivity index (χ4v) is 2.24. The third-order valence-corrected chi connectivity index (χ3v) is 3.38. The molecular weight excluding hydrogens is 200 g/mol. The zero-order valence-corrected chi connectivity index (χ0v) is 9.43. The summed E-state index contributed by atoms with van der Waals surface area (Å²) in [6.45, 7) is 2.68. The molecule has 0 aliphatic heterocycles. The summed E-state index contributed by atoms with van der Waals surface area (Å²) in [4.78, 5) is 4.50. The first-order valence-corrected chi connectivity index (χ1v) is 5.85. The lowest BCUT2D eigenvalue weighted by atomic mass is 10.2. The molecule has 0 radical (unpaired) electrons. The smallest absolute Gasteiger partial charge is 0.106 e. The molecule has 84 valence electrons. The van der Waals surface area contributed by atoms with Gasteiger partial charge in [0.25, 0.3) is 0 Å². The van der Waals surface area contributed by atoms with E-state index in [2.05, 4.69) is 15.6 Å². The summed E-state index contributed by atoms with van der Waals surface area (Å²) in [6, 6.07) is 8.09. The minimum atomic E-state index is -0.212. The van der Waals surface area contributed by atoms with E-state index < -0.39 is 0 Å². The predicted molar refractivity (Wildman–Crippen MR) is 63.2 cm³/mol. The Morgan fingerprint density at radius 2 is 2.19 bits per heavy atom. The highest BCUT2D eigenvalue weighted by Crippen LogP contribution is 2.33. The van der Waals surface area contributed by atoms with Gasteiger partial charge in [0, 0.05) is 0 Å². The highest BCUT2D eigenvalue weighted by atomic mass is 16.3. The zero-order chi connectivity index (χ0) is 11.1. The molecule has 1 aromatic heterocycles. The lowest BCUT2D eigenvalue weighted by molar-refractivity contribution is 0.132. The van der Waals surface area contributed by atoms with Crippen LogP contribution in [0.2, 0.25) is 0 Å². The van der Waals surface area contributed by atoms with E-state index >= 15 is 0 Å². The van der Waals surface area contributed by atoms with E-state index in [4.69, 9.17) is 0 Å². The van der Waals surface area contributed by atoms with Crippen molar-refractivity contribution in [2.75, 3.05) is 0 Å². The molecule has 1 N–H and O–H groups in total. The van der Waals surface area contributed by atoms with Crippen LogP contribution in [-0.2, 0) is 6.54 Å². The van der Waals surface area contributed by atoms with E-state index in [0.717, 1.165) is 16.9 Å². The standard InChI is InChI=1S/C13H16N2O/c1-9-14-11-4-2-3-5-12(11)15(9)8-13(16)10-6-7-10/h2-5,10,13,16H,6-8H2,1H3. The van der Waals surface area contributed by atoms with Crippen molar-refractivity contribution in [3.8, 4) is 0 Å². The van der Waals surface area contributed by atoms with E-state index in [0.29, 0.717) is 12.5 Å². The number of aliphatic hydroxyl groups excluding tert-OH is 1. The first-order chi connectivity index (χ1) is 7.75. The van der Waals surface area contributed by atoms with Crippen molar-refractivity contribution in [2.24, 2.45) is 5.92 Å². The maximum absolute atomic E-state index is 10.00. The molecule has 3 rings (SSSR count). The Morgan fingerprint density at radius 3 is 2.94 bits per heavy atom. The van der Waals surface area contributed by atoms with Crippen molar-refractivity contribution in [3.05, 3.63) is 30.1 Å². The van der Waals surface area contributed by atoms with Crippen LogP contribution in [0.15, 0.2) is 24.3 Å². The van der Waals surface area contributed by atoms with E-state index in [9.17, 15) is 5.11 Å². The van der Waals surface area contributed by atoms with Crippen LogP contribution in [0.4, 0.5) is 0 Å². The molecule has 1 aromatic carbocycles. The van der Waals surface area contributed by atoms with Gasteiger partial charge in [0.1, 0.15) is 5.82 Å². The fraction of sp³-hybridized carbons (Fsp3) is 0.462. The first kappa shape index (κ1) is 9.85. The molecule has 3 heteroatoms. The number of imidazole rings is 1. The van der Waals surface area contributed by atoms with Crippen molar-refractivity contribution in [3.63, 3.8) is 0 Å². The van der Waals surface area contributed by atoms with Gasteiger partial charge >= 0.3 is 0 Å². The Kier molecular flexibility index (Phi) is 2.21. The van der Waals surface area contributed by atoms with Gasteiger partial charge in [-0.15, -0.1) is 0 Å². The summed E-state index contributed by atoms with van der Waals surface area (Å²) in [7, 11) is 0. The van der Waals surface area contributed by atoms with Crippen LogP contribution in [0.1, 0.15) is 18.7 Å². The van der Waals surface area contributed by atoms with Gasteiger partial charge in [-0.2, -0.15) is 0 Å². The highest BCUT2D eigenvalue weighted by Gasteiger charge is 2.30. The number of aromatic nitrogens is 2. The molecule has 0 saturated heterocycles. The van der Waals surface area contributed by atoms with Crippen molar-refractivity contribution in [2.45, 2.75) is 32.4 Å². The molecule has 1 unspecified atom stereocenters. The minimum absolute atomic E-state index is 0.212. The normalized spacial score (nSPS) is 17.9. The van der Waals surface area contributed by atoms with Crippen molar-refractivity contribution >= 4 is 11.0 Å². The van der Waals surface area contributed by atoms with Gasteiger partial charge in [0.05, 0.1) is 23.7 Å². The van der Waals surface area contributed by atoms with E-state index in [-0.39, 0.29) is 6.10 Å². The zero-order valence-electron chi connectivity index (χ0n) is 9.43. The number of para-hydroxylation sites is 2. The van der Waals surface area contributed by atoms with Gasteiger partial charge in [-0.25, -0.2) is 4.98 Å². The van der Waals surface area contributed by atoms with E-state index in [1.54, 1.807) is 0 Å². The molecule has 0 bridgehead atoms. The lowest BCUT2D eigenvalue weighted by Gasteiger charge is -2.12. The Balaban J connectivity index is 1.97. The number of aryl methyl sites for hydroxylation is 1. The van der Waals surface area contributed by atoms with Crippen LogP contribution in [0, 0.1) is 12.8 Å². The van der Waals surface area contributed by atoms with Crippen LogP contribution >= 0.6 is 0 Å². The van der Waals surface area contributed by atoms with Crippen molar-refractivity contribution in [1.29, 1.82) is 0 Å². The molecule has 1 heterocycles. The van der Waals surface area contributed by atoms with E-state index in [1.165, 1.54) is 12.8 Å². The number of rotatable bonds is 3. The maximum atomic E-state index is 10.00. The Hall–Kier alpha value is -1.35. The number of benzene rings is 1. The van der Waals surface area contributed by atoms with Crippen molar-refractivity contribution < 1.29 is 5.11 Å². The molecule has 16 heavy (non-hydrogen) atoms. The summed E-state index contributed by atoms with van der Waals surface area (Å²) < 4.78 is 2.12. The molecule has 1 fully saturated rings. The van der Waals surface area contributed by atoms with Gasteiger partial charge in [-0.05, 0) is 37.8 Å². The minimum Gasteiger partial charge on any atom is -0.391 e. The molecule has 1 aliphatic carbocycles. The topological polar surface area (TPSA) is 38.0 Å². The van der Waals surface area contributed by atoms with Crippen LogP contribution in [0.3, 0.4) is 0 Å². The molecular formula is C13H16N2O. The molecule has 1 aliphatic rings. The highest BCUT2D eigenvalue weighted by molar-refractivity contribution is 5.75. The summed E-state index contributed by atoms with van der Waals surface area (Å²) in [6.07, 6.45) is 2.14. The third kappa shape index (κ3) is 1.61. The number of fused-ring (bicyclic) bond motifs is 1. The molecule has 1 atom stereocenters. The van der Waals surface area contributed by atoms with E-state index in [1.807, 2.05) is 25.1 Å². The average Bonchev–Trinajstić information content (AvgIpc) is 3.06. The summed E-state index contributed by atoms with van der Waals surface area (Å²) in [5.41, 5.74) is 2.14. The second-order valence-electron chi connectivity index (χ2n) is 4.66. The lowest BCUT2D eigenvalue weighted by Crippen LogP contribution is -2.18. The Labute approximate surface area is 94.7 Å². The number of aliphatic hydroxyl groups is 1. The fourth-order valence-electron chi connectivity index (χ4n) is 2.24. The quantitative estimate of drug-likeness (QED) is 0.853. The van der Waals surface area contributed by atoms with Gasteiger partial charge in [-0.1, -0.05) is 12.1 Å². The van der Waals surface area contributed by atoms with Gasteiger partial charge < -0.3 is 9.67 Å². The third-order valence-electron chi connectivity index (χ3n) is 3.38. The molecule has 2 aromatic rings. The van der Waals surface area contributed by atoms with Gasteiger partial charge in [0.15, 0.2) is 0 Å². The van der Waals surface area contributed by atoms with Crippen molar-refractivity contribution in [1.82, 2.24) is 9.55 Å². The number of hydrogen-bond donors (Lipinski definition) is 1. The van der Waals surface area contributed by atoms with Gasteiger partial charge in [-0.3, -0.25) is 0 Å². The van der Waals surface area contributed by atoms with Crippen LogP contribution in [0.25, 0.3) is 11.0 Å². The number of nitrogens with zero attached hydrogens (tertiary/aromatic N) is 2. The molecule has 1 saturated carbocycles. The largest absolute Gasteiger partial charge is 0.391 e. The Morgan fingerprint density at radius 1 is 1.44 bits per heavy atom. The maximum Gasteiger partial charge on any atom is 0.106 e. The SMILES string of the molecule is Cc1nc2ccccc2n1CC(O)C1CC1. The molecule has 0 spiro atoms. The number of hydrogen-bond acceptors (Lipinski definition) is 2. The summed E-state index contributed by atoms with van der Waals surface area (Å²) >= 11 is 0. The Bertz CT molecular complexity index is 514. The second-order valence-corrected chi connectivity index (χ2v) is 4.66. The summed E-state index contributed by atoms with van der Waals surface area (Å²) in [5, 5.41) is 10.00. The first-order valence-electron chi connectivity index (χ1n) is 5.85. The molecule has 3 nitrogen and oxygen atoms in total.